The Morgan fingerprint density at radius 3 is 2.00 bits per heavy atom. The van der Waals surface area contributed by atoms with E-state index in [1.165, 1.54) is 0 Å². The predicted molar refractivity (Wildman–Crippen MR) is 84.7 cm³/mol. The topological polar surface area (TPSA) is 26.3 Å². The van der Waals surface area contributed by atoms with Crippen LogP contribution in [-0.4, -0.2) is 12.9 Å². The maximum atomic E-state index is 10.2. The van der Waals surface area contributed by atoms with E-state index in [0.717, 1.165) is 12.0 Å². The molecule has 0 aliphatic rings. The van der Waals surface area contributed by atoms with Crippen molar-refractivity contribution >= 4 is 29.5 Å². The number of halogens is 2. The first-order valence-electron chi connectivity index (χ1n) is 6.54. The Labute approximate surface area is 131 Å². The number of hydrogen-bond donors (Lipinski definition) is 0. The van der Waals surface area contributed by atoms with E-state index in [0.29, 0.717) is 15.8 Å². The summed E-state index contributed by atoms with van der Waals surface area (Å²) >= 11 is 12.4. The fourth-order valence-electron chi connectivity index (χ4n) is 2.62. The zero-order chi connectivity index (χ0) is 15.6. The lowest BCUT2D eigenvalue weighted by Gasteiger charge is -2.33. The molecule has 111 valence electrons. The van der Waals surface area contributed by atoms with E-state index < -0.39 is 0 Å². The van der Waals surface area contributed by atoms with E-state index in [2.05, 4.69) is 34.6 Å². The molecule has 20 heavy (non-hydrogen) atoms. The van der Waals surface area contributed by atoms with Crippen molar-refractivity contribution in [3.63, 3.8) is 0 Å². The van der Waals surface area contributed by atoms with Crippen LogP contribution in [0.3, 0.4) is 0 Å². The summed E-state index contributed by atoms with van der Waals surface area (Å²) < 4.78 is 5.20. The van der Waals surface area contributed by atoms with Gasteiger partial charge in [-0.1, -0.05) is 57.8 Å². The van der Waals surface area contributed by atoms with Crippen molar-refractivity contribution in [2.24, 2.45) is 5.41 Å². The molecule has 2 nitrogen and oxygen atoms in total. The van der Waals surface area contributed by atoms with E-state index in [4.69, 9.17) is 27.9 Å². The Bertz CT molecular complexity index is 465. The molecule has 0 heterocycles. The molecule has 0 unspecified atom stereocenters. The molecule has 0 saturated heterocycles. The fraction of sp³-hybridized carbons (Fsp3) is 0.562. The first kappa shape index (κ1) is 17.3. The molecular formula is C16H21Cl2O2. The summed E-state index contributed by atoms with van der Waals surface area (Å²) in [5, 5.41) is 0.842. The van der Waals surface area contributed by atoms with Crippen molar-refractivity contribution in [2.45, 2.75) is 46.5 Å². The third kappa shape index (κ3) is 4.68. The minimum absolute atomic E-state index is 0.0547. The zero-order valence-corrected chi connectivity index (χ0v) is 14.2. The summed E-state index contributed by atoms with van der Waals surface area (Å²) in [6.45, 7) is 10.8. The Hall–Kier alpha value is -0.730. The van der Waals surface area contributed by atoms with Crippen LogP contribution < -0.4 is 4.74 Å². The molecule has 0 fully saturated rings. The number of carbonyl (C=O) groups excluding carboxylic acids is 1. The summed E-state index contributed by atoms with van der Waals surface area (Å²) in [5.41, 5.74) is 1.20. The molecule has 1 aromatic rings. The highest BCUT2D eigenvalue weighted by atomic mass is 35.5. The minimum atomic E-state index is -0.176. The predicted octanol–water partition coefficient (Wildman–Crippen LogP) is 5.20. The molecule has 0 saturated carbocycles. The Balaban J connectivity index is 3.12. The fourth-order valence-corrected chi connectivity index (χ4v) is 3.21. The van der Waals surface area contributed by atoms with Gasteiger partial charge in [-0.15, -0.1) is 0 Å². The van der Waals surface area contributed by atoms with E-state index >= 15 is 0 Å². The first-order chi connectivity index (χ1) is 9.07. The summed E-state index contributed by atoms with van der Waals surface area (Å²) in [6, 6.07) is 3.72. The lowest BCUT2D eigenvalue weighted by molar-refractivity contribution is 0.284. The number of benzene rings is 1. The highest BCUT2D eigenvalue weighted by Crippen LogP contribution is 2.41. The van der Waals surface area contributed by atoms with Gasteiger partial charge in [-0.05, 0) is 34.9 Å². The average molecular weight is 316 g/mol. The van der Waals surface area contributed by atoms with Gasteiger partial charge in [0.05, 0.1) is 10.0 Å². The smallest absolute Gasteiger partial charge is 0.239 e. The van der Waals surface area contributed by atoms with Crippen molar-refractivity contribution in [1.29, 1.82) is 0 Å². The molecule has 0 bridgehead atoms. The summed E-state index contributed by atoms with van der Waals surface area (Å²) in [7, 11) is 0. The molecule has 0 spiro atoms. The van der Waals surface area contributed by atoms with Gasteiger partial charge < -0.3 is 4.74 Å². The maximum absolute atomic E-state index is 10.2. The van der Waals surface area contributed by atoms with Crippen LogP contribution in [0.25, 0.3) is 0 Å². The van der Waals surface area contributed by atoms with Gasteiger partial charge in [0.15, 0.2) is 12.4 Å². The van der Waals surface area contributed by atoms with E-state index in [-0.39, 0.29) is 17.4 Å². The third-order valence-corrected chi connectivity index (χ3v) is 3.59. The van der Waals surface area contributed by atoms with Gasteiger partial charge in [0.2, 0.25) is 6.29 Å². The van der Waals surface area contributed by atoms with Crippen LogP contribution >= 0.6 is 23.2 Å². The standard InChI is InChI=1S/C16H21Cl2O2/c1-15(2,3)10-16(4,5)11-8-12(17)14(13(18)9-11)20-7-6-19/h8-9H,7,10H2,1-5H3. The SMILES string of the molecule is CC(C)(C)CC(C)(C)c1cc(Cl)c(OC[C]=O)c(Cl)c1. The van der Waals surface area contributed by atoms with E-state index in [1.54, 1.807) is 6.29 Å². The zero-order valence-electron chi connectivity index (χ0n) is 12.6. The Kier molecular flexibility index (Phi) is 5.51. The van der Waals surface area contributed by atoms with Crippen molar-refractivity contribution in [2.75, 3.05) is 6.61 Å². The second-order valence-corrected chi connectivity index (χ2v) is 7.64. The van der Waals surface area contributed by atoms with Gasteiger partial charge in [0.25, 0.3) is 0 Å². The summed E-state index contributed by atoms with van der Waals surface area (Å²) in [6.07, 6.45) is 2.65. The van der Waals surface area contributed by atoms with Crippen molar-refractivity contribution in [3.05, 3.63) is 27.7 Å². The second kappa shape index (κ2) is 6.36. The summed E-state index contributed by atoms with van der Waals surface area (Å²) in [4.78, 5) is 10.2. The maximum Gasteiger partial charge on any atom is 0.239 e. The largest absolute Gasteiger partial charge is 0.482 e. The molecular weight excluding hydrogens is 295 g/mol. The number of hydrogen-bond acceptors (Lipinski definition) is 2. The molecule has 1 aromatic carbocycles. The van der Waals surface area contributed by atoms with Crippen molar-refractivity contribution in [1.82, 2.24) is 0 Å². The quantitative estimate of drug-likeness (QED) is 0.746. The molecule has 1 radical (unpaired) electrons. The highest BCUT2D eigenvalue weighted by Gasteiger charge is 2.28. The van der Waals surface area contributed by atoms with Gasteiger partial charge in [-0.25, -0.2) is 0 Å². The van der Waals surface area contributed by atoms with Gasteiger partial charge in [-0.3, -0.25) is 4.79 Å². The molecule has 0 atom stereocenters. The Morgan fingerprint density at radius 2 is 1.60 bits per heavy atom. The van der Waals surface area contributed by atoms with Crippen LogP contribution in [0.1, 0.15) is 46.6 Å². The minimum Gasteiger partial charge on any atom is -0.482 e. The highest BCUT2D eigenvalue weighted by molar-refractivity contribution is 6.37. The normalized spacial score (nSPS) is 12.3. The first-order valence-corrected chi connectivity index (χ1v) is 7.30. The average Bonchev–Trinajstić information content (AvgIpc) is 2.24. The lowest BCUT2D eigenvalue weighted by Crippen LogP contribution is -2.24. The third-order valence-electron chi connectivity index (χ3n) is 3.03. The van der Waals surface area contributed by atoms with E-state index in [9.17, 15) is 4.79 Å². The van der Waals surface area contributed by atoms with Crippen molar-refractivity contribution in [3.8, 4) is 5.75 Å². The molecule has 0 aromatic heterocycles. The Morgan fingerprint density at radius 1 is 1.10 bits per heavy atom. The number of ether oxygens (including phenoxy) is 1. The van der Waals surface area contributed by atoms with Crippen LogP contribution in [0.2, 0.25) is 10.0 Å². The van der Waals surface area contributed by atoms with Crippen LogP contribution in [0.4, 0.5) is 0 Å². The number of rotatable bonds is 5. The summed E-state index contributed by atoms with van der Waals surface area (Å²) in [5.74, 6) is 0.340. The lowest BCUT2D eigenvalue weighted by atomic mass is 9.72. The monoisotopic (exact) mass is 315 g/mol. The van der Waals surface area contributed by atoms with Crippen LogP contribution in [0.5, 0.6) is 5.75 Å². The van der Waals surface area contributed by atoms with Crippen LogP contribution in [-0.2, 0) is 10.2 Å². The molecule has 0 aliphatic carbocycles. The van der Waals surface area contributed by atoms with Gasteiger partial charge in [0.1, 0.15) is 0 Å². The molecule has 0 aliphatic heterocycles. The molecule has 0 amide bonds. The second-order valence-electron chi connectivity index (χ2n) is 6.82. The van der Waals surface area contributed by atoms with E-state index in [1.807, 2.05) is 12.1 Å². The van der Waals surface area contributed by atoms with Gasteiger partial charge >= 0.3 is 0 Å². The molecule has 0 N–H and O–H groups in total. The van der Waals surface area contributed by atoms with Gasteiger partial charge in [-0.2, -0.15) is 0 Å². The molecule has 1 rings (SSSR count). The van der Waals surface area contributed by atoms with Gasteiger partial charge in [0, 0.05) is 0 Å². The molecule has 4 heteroatoms. The van der Waals surface area contributed by atoms with Crippen molar-refractivity contribution < 1.29 is 9.53 Å². The van der Waals surface area contributed by atoms with Crippen LogP contribution in [0, 0.1) is 5.41 Å². The van der Waals surface area contributed by atoms with Crippen LogP contribution in [0.15, 0.2) is 12.1 Å².